The molecule has 20 heavy (non-hydrogen) atoms. The first-order chi connectivity index (χ1) is 9.49. The van der Waals surface area contributed by atoms with Crippen LogP contribution in [0.3, 0.4) is 0 Å². The minimum Gasteiger partial charge on any atom is -0.393 e. The van der Waals surface area contributed by atoms with Crippen molar-refractivity contribution in [3.8, 4) is 0 Å². The third-order valence-electron chi connectivity index (χ3n) is 3.35. The van der Waals surface area contributed by atoms with Gasteiger partial charge in [-0.15, -0.1) is 0 Å². The van der Waals surface area contributed by atoms with E-state index in [0.717, 1.165) is 24.2 Å². The van der Waals surface area contributed by atoms with Gasteiger partial charge in [-0.3, -0.25) is 4.98 Å². The molecule has 0 saturated heterocycles. The molecule has 0 spiro atoms. The van der Waals surface area contributed by atoms with E-state index in [1.54, 1.807) is 0 Å². The number of pyridine rings is 1. The lowest BCUT2D eigenvalue weighted by molar-refractivity contribution is 0.693. The molecule has 0 bridgehead atoms. The number of fused-ring (bicyclic) bond motifs is 1. The Bertz CT molecular complexity index is 622. The van der Waals surface area contributed by atoms with Crippen molar-refractivity contribution >= 4 is 33.8 Å². The third kappa shape index (κ3) is 3.25. The fourth-order valence-corrected chi connectivity index (χ4v) is 2.50. The molecular weight excluding hydrogens is 266 g/mol. The number of hydrogen-bond donors (Lipinski definition) is 1. The maximum absolute atomic E-state index is 5.65. The van der Waals surface area contributed by atoms with Gasteiger partial charge in [0.2, 0.25) is 0 Å². The molecule has 2 N–H and O–H groups in total. The van der Waals surface area contributed by atoms with Crippen LogP contribution in [-0.4, -0.2) is 22.6 Å². The van der Waals surface area contributed by atoms with Gasteiger partial charge >= 0.3 is 0 Å². The molecule has 2 rings (SSSR count). The Morgan fingerprint density at radius 2 is 2.05 bits per heavy atom. The minimum absolute atomic E-state index is 0.384. The number of thiocarbonyl (C=S) groups is 1. The molecule has 1 aromatic carbocycles. The van der Waals surface area contributed by atoms with E-state index in [9.17, 15) is 0 Å². The average Bonchev–Trinajstić information content (AvgIpc) is 2.37. The zero-order valence-electron chi connectivity index (χ0n) is 12.3. The maximum Gasteiger partial charge on any atom is 0.0745 e. The van der Waals surface area contributed by atoms with E-state index in [4.69, 9.17) is 18.0 Å². The molecule has 2 aromatic rings. The number of nitrogens with zero attached hydrogens (tertiary/aromatic N) is 2. The van der Waals surface area contributed by atoms with Crippen molar-refractivity contribution in [2.75, 3.05) is 11.4 Å². The summed E-state index contributed by atoms with van der Waals surface area (Å²) in [5.41, 5.74) is 8.92. The Kier molecular flexibility index (Phi) is 4.55. The van der Waals surface area contributed by atoms with Crippen molar-refractivity contribution in [3.63, 3.8) is 0 Å². The molecule has 0 atom stereocenters. The third-order valence-corrected chi connectivity index (χ3v) is 3.56. The van der Waals surface area contributed by atoms with Crippen molar-refractivity contribution in [2.45, 2.75) is 33.2 Å². The molecule has 3 nitrogen and oxygen atoms in total. The summed E-state index contributed by atoms with van der Waals surface area (Å²) in [6.07, 6.45) is 0.725. The number of anilines is 1. The van der Waals surface area contributed by atoms with Gasteiger partial charge in [0.1, 0.15) is 0 Å². The summed E-state index contributed by atoms with van der Waals surface area (Å²) < 4.78 is 0. The van der Waals surface area contributed by atoms with Gasteiger partial charge in [-0.25, -0.2) is 0 Å². The molecule has 0 amide bonds. The van der Waals surface area contributed by atoms with Gasteiger partial charge < -0.3 is 10.6 Å². The quantitative estimate of drug-likeness (QED) is 0.856. The highest BCUT2D eigenvalue weighted by atomic mass is 32.1. The Morgan fingerprint density at radius 1 is 1.35 bits per heavy atom. The second-order valence-electron chi connectivity index (χ2n) is 5.30. The molecule has 4 heteroatoms. The molecule has 0 saturated carbocycles. The van der Waals surface area contributed by atoms with Crippen LogP contribution in [0.2, 0.25) is 0 Å². The largest absolute Gasteiger partial charge is 0.393 e. The fraction of sp³-hybridized carbons (Fsp3) is 0.375. The average molecular weight is 287 g/mol. The summed E-state index contributed by atoms with van der Waals surface area (Å²) in [5.74, 6) is 0. The summed E-state index contributed by atoms with van der Waals surface area (Å²) in [6, 6.07) is 10.8. The number of rotatable bonds is 5. The number of hydrogen-bond acceptors (Lipinski definition) is 3. The van der Waals surface area contributed by atoms with Crippen molar-refractivity contribution in [1.82, 2.24) is 4.98 Å². The van der Waals surface area contributed by atoms with Crippen LogP contribution in [0.15, 0.2) is 30.3 Å². The van der Waals surface area contributed by atoms with Gasteiger partial charge in [-0.2, -0.15) is 0 Å². The minimum atomic E-state index is 0.384. The number of para-hydroxylation sites is 1. The predicted octanol–water partition coefficient (Wildman–Crippen LogP) is 3.43. The summed E-state index contributed by atoms with van der Waals surface area (Å²) in [7, 11) is 0. The predicted molar refractivity (Wildman–Crippen MR) is 90.4 cm³/mol. The van der Waals surface area contributed by atoms with Crippen LogP contribution in [0.25, 0.3) is 10.9 Å². The number of aryl methyl sites for hydroxylation is 1. The summed E-state index contributed by atoms with van der Waals surface area (Å²) in [4.78, 5) is 7.50. The van der Waals surface area contributed by atoms with E-state index in [2.05, 4.69) is 48.0 Å². The molecular formula is C16H21N3S. The number of nitrogens with two attached hydrogens (primary N) is 1. The van der Waals surface area contributed by atoms with Crippen LogP contribution in [-0.2, 0) is 0 Å². The molecule has 0 aliphatic rings. The lowest BCUT2D eigenvalue weighted by Crippen LogP contribution is -2.34. The Balaban J connectivity index is 2.49. The van der Waals surface area contributed by atoms with Crippen molar-refractivity contribution in [3.05, 3.63) is 36.0 Å². The second-order valence-corrected chi connectivity index (χ2v) is 5.83. The molecule has 1 heterocycles. The first-order valence-corrected chi connectivity index (χ1v) is 7.31. The maximum atomic E-state index is 5.65. The molecule has 0 aliphatic carbocycles. The summed E-state index contributed by atoms with van der Waals surface area (Å²) in [6.45, 7) is 7.23. The highest BCUT2D eigenvalue weighted by Crippen LogP contribution is 2.28. The Morgan fingerprint density at radius 3 is 2.70 bits per heavy atom. The first-order valence-electron chi connectivity index (χ1n) is 6.90. The van der Waals surface area contributed by atoms with E-state index in [1.807, 2.05) is 13.0 Å². The smallest absolute Gasteiger partial charge is 0.0745 e. The molecule has 0 aliphatic heterocycles. The van der Waals surface area contributed by atoms with Crippen LogP contribution in [0.1, 0.15) is 26.0 Å². The topological polar surface area (TPSA) is 42.1 Å². The lowest BCUT2D eigenvalue weighted by atomic mass is 10.1. The van der Waals surface area contributed by atoms with Crippen LogP contribution in [0, 0.1) is 6.92 Å². The summed E-state index contributed by atoms with van der Waals surface area (Å²) in [5, 5.41) is 1.18. The van der Waals surface area contributed by atoms with Gasteiger partial charge in [0, 0.05) is 35.8 Å². The van der Waals surface area contributed by atoms with Crippen LogP contribution < -0.4 is 10.6 Å². The van der Waals surface area contributed by atoms with Crippen LogP contribution in [0.5, 0.6) is 0 Å². The van der Waals surface area contributed by atoms with E-state index < -0.39 is 0 Å². The fourth-order valence-electron chi connectivity index (χ4n) is 2.41. The Hall–Kier alpha value is -1.68. The van der Waals surface area contributed by atoms with Gasteiger partial charge in [-0.05, 0) is 32.9 Å². The van der Waals surface area contributed by atoms with Crippen molar-refractivity contribution < 1.29 is 0 Å². The Labute approximate surface area is 125 Å². The lowest BCUT2D eigenvalue weighted by Gasteiger charge is -2.30. The van der Waals surface area contributed by atoms with Gasteiger partial charge in [0.25, 0.3) is 0 Å². The van der Waals surface area contributed by atoms with E-state index in [0.29, 0.717) is 11.0 Å². The molecule has 0 unspecified atom stereocenters. The molecule has 0 fully saturated rings. The first kappa shape index (κ1) is 14.7. The zero-order chi connectivity index (χ0) is 14.7. The van der Waals surface area contributed by atoms with E-state index >= 15 is 0 Å². The SMILES string of the molecule is Cc1cc(N(CCC(N)=S)C(C)C)c2ccccc2n1. The van der Waals surface area contributed by atoms with Crippen molar-refractivity contribution in [2.24, 2.45) is 5.73 Å². The van der Waals surface area contributed by atoms with Gasteiger partial charge in [0.05, 0.1) is 10.5 Å². The summed E-state index contributed by atoms with van der Waals surface area (Å²) >= 11 is 5.01. The number of benzene rings is 1. The molecule has 1 aromatic heterocycles. The van der Waals surface area contributed by atoms with Gasteiger partial charge in [0.15, 0.2) is 0 Å². The van der Waals surface area contributed by atoms with Crippen LogP contribution in [0.4, 0.5) is 5.69 Å². The second kappa shape index (κ2) is 6.18. The number of aromatic nitrogens is 1. The monoisotopic (exact) mass is 287 g/mol. The zero-order valence-corrected chi connectivity index (χ0v) is 13.1. The normalized spacial score (nSPS) is 11.0. The molecule has 106 valence electrons. The molecule has 0 radical (unpaired) electrons. The van der Waals surface area contributed by atoms with E-state index in [-0.39, 0.29) is 0 Å². The standard InChI is InChI=1S/C16H21N3S/c1-11(2)19(9-8-16(17)20)15-10-12(3)18-14-7-5-4-6-13(14)15/h4-7,10-11H,8-9H2,1-3H3,(H2,17,20). The highest BCUT2D eigenvalue weighted by molar-refractivity contribution is 7.80. The highest BCUT2D eigenvalue weighted by Gasteiger charge is 2.14. The van der Waals surface area contributed by atoms with Gasteiger partial charge in [-0.1, -0.05) is 30.4 Å². The van der Waals surface area contributed by atoms with E-state index in [1.165, 1.54) is 11.1 Å². The van der Waals surface area contributed by atoms with Crippen LogP contribution >= 0.6 is 12.2 Å². The van der Waals surface area contributed by atoms with Crippen molar-refractivity contribution in [1.29, 1.82) is 0 Å².